The monoisotopic (exact) mass is 347 g/mol. The standard InChI is InChI=1S/C18H25N3O4/c22-12-18(24)14-25-13-17(23)11-21(9-15-5-1-3-7-19-15)10-16-6-2-4-8-20-16/h1-8,17-18,22-24H,9-14H2. The van der Waals surface area contributed by atoms with Gasteiger partial charge in [0, 0.05) is 32.0 Å². The summed E-state index contributed by atoms with van der Waals surface area (Å²) in [6, 6.07) is 11.5. The van der Waals surface area contributed by atoms with E-state index < -0.39 is 12.2 Å². The molecule has 0 aliphatic carbocycles. The topological polar surface area (TPSA) is 98.9 Å². The van der Waals surface area contributed by atoms with Gasteiger partial charge in [0.1, 0.15) is 6.10 Å². The first-order valence-corrected chi connectivity index (χ1v) is 8.24. The average Bonchev–Trinajstić information content (AvgIpc) is 2.63. The fraction of sp³-hybridized carbons (Fsp3) is 0.444. The lowest BCUT2D eigenvalue weighted by Crippen LogP contribution is -2.35. The van der Waals surface area contributed by atoms with E-state index in [1.165, 1.54) is 0 Å². The molecule has 136 valence electrons. The van der Waals surface area contributed by atoms with Crippen molar-refractivity contribution in [2.75, 3.05) is 26.4 Å². The zero-order chi connectivity index (χ0) is 17.9. The van der Waals surface area contributed by atoms with E-state index in [1.807, 2.05) is 41.3 Å². The summed E-state index contributed by atoms with van der Waals surface area (Å²) in [6.07, 6.45) is 1.83. The van der Waals surface area contributed by atoms with Crippen LogP contribution in [0.2, 0.25) is 0 Å². The van der Waals surface area contributed by atoms with Gasteiger partial charge in [-0.3, -0.25) is 14.9 Å². The van der Waals surface area contributed by atoms with Crippen molar-refractivity contribution in [1.82, 2.24) is 14.9 Å². The molecule has 0 saturated heterocycles. The van der Waals surface area contributed by atoms with Crippen LogP contribution in [0, 0.1) is 0 Å². The SMILES string of the molecule is OCC(O)COCC(O)CN(Cc1ccccn1)Cc1ccccn1. The number of hydrogen-bond donors (Lipinski definition) is 3. The van der Waals surface area contributed by atoms with Crippen LogP contribution in [0.3, 0.4) is 0 Å². The predicted molar refractivity (Wildman–Crippen MR) is 92.5 cm³/mol. The van der Waals surface area contributed by atoms with E-state index in [0.29, 0.717) is 19.6 Å². The molecular weight excluding hydrogens is 322 g/mol. The Bertz CT molecular complexity index is 544. The van der Waals surface area contributed by atoms with Crippen molar-refractivity contribution in [3.8, 4) is 0 Å². The molecular formula is C18H25N3O4. The molecule has 7 heteroatoms. The summed E-state index contributed by atoms with van der Waals surface area (Å²) < 4.78 is 5.23. The molecule has 2 atom stereocenters. The van der Waals surface area contributed by atoms with Crippen molar-refractivity contribution in [3.05, 3.63) is 60.2 Å². The molecule has 3 N–H and O–H groups in total. The van der Waals surface area contributed by atoms with Gasteiger partial charge in [-0.25, -0.2) is 0 Å². The molecule has 7 nitrogen and oxygen atoms in total. The van der Waals surface area contributed by atoms with Gasteiger partial charge in [-0.15, -0.1) is 0 Å². The van der Waals surface area contributed by atoms with Crippen molar-refractivity contribution in [2.45, 2.75) is 25.3 Å². The predicted octanol–water partition coefficient (Wildman–Crippen LogP) is 0.209. The quantitative estimate of drug-likeness (QED) is 0.534. The van der Waals surface area contributed by atoms with Gasteiger partial charge in [-0.1, -0.05) is 12.1 Å². The van der Waals surface area contributed by atoms with Crippen LogP contribution in [-0.2, 0) is 17.8 Å². The van der Waals surface area contributed by atoms with Gasteiger partial charge in [-0.2, -0.15) is 0 Å². The van der Waals surface area contributed by atoms with Gasteiger partial charge in [0.05, 0.1) is 37.3 Å². The number of nitrogens with zero attached hydrogens (tertiary/aromatic N) is 3. The molecule has 0 fully saturated rings. The maximum atomic E-state index is 10.2. The lowest BCUT2D eigenvalue weighted by molar-refractivity contribution is -0.0326. The first-order valence-electron chi connectivity index (χ1n) is 8.24. The van der Waals surface area contributed by atoms with Gasteiger partial charge in [0.2, 0.25) is 0 Å². The number of ether oxygens (including phenoxy) is 1. The minimum absolute atomic E-state index is 0.00591. The van der Waals surface area contributed by atoms with Crippen LogP contribution < -0.4 is 0 Å². The summed E-state index contributed by atoms with van der Waals surface area (Å²) in [4.78, 5) is 10.7. The van der Waals surface area contributed by atoms with E-state index in [0.717, 1.165) is 11.4 Å². The van der Waals surface area contributed by atoms with E-state index >= 15 is 0 Å². The van der Waals surface area contributed by atoms with Crippen molar-refractivity contribution < 1.29 is 20.1 Å². The third-order valence-corrected chi connectivity index (χ3v) is 3.52. The first-order chi connectivity index (χ1) is 12.2. The Morgan fingerprint density at radius 3 is 1.92 bits per heavy atom. The van der Waals surface area contributed by atoms with Crippen molar-refractivity contribution >= 4 is 0 Å². The molecule has 0 aliphatic rings. The summed E-state index contributed by atoms with van der Waals surface area (Å²) in [5.41, 5.74) is 1.81. The van der Waals surface area contributed by atoms with Gasteiger partial charge < -0.3 is 20.1 Å². The molecule has 0 aromatic carbocycles. The number of rotatable bonds is 11. The smallest absolute Gasteiger partial charge is 0.100 e. The summed E-state index contributed by atoms with van der Waals surface area (Å²) in [7, 11) is 0. The minimum Gasteiger partial charge on any atom is -0.394 e. The van der Waals surface area contributed by atoms with E-state index in [9.17, 15) is 10.2 Å². The highest BCUT2D eigenvalue weighted by atomic mass is 16.5. The number of aliphatic hydroxyl groups excluding tert-OH is 3. The van der Waals surface area contributed by atoms with Crippen LogP contribution in [0.25, 0.3) is 0 Å². The van der Waals surface area contributed by atoms with Gasteiger partial charge in [-0.05, 0) is 24.3 Å². The summed E-state index contributed by atoms with van der Waals surface area (Å²) >= 11 is 0. The molecule has 2 rings (SSSR count). The third-order valence-electron chi connectivity index (χ3n) is 3.52. The normalized spacial score (nSPS) is 13.8. The highest BCUT2D eigenvalue weighted by Gasteiger charge is 2.15. The van der Waals surface area contributed by atoms with Crippen LogP contribution in [0.15, 0.2) is 48.8 Å². The van der Waals surface area contributed by atoms with Gasteiger partial charge in [0.25, 0.3) is 0 Å². The maximum absolute atomic E-state index is 10.2. The van der Waals surface area contributed by atoms with Crippen molar-refractivity contribution in [2.24, 2.45) is 0 Å². The fourth-order valence-corrected chi connectivity index (χ4v) is 2.37. The molecule has 0 spiro atoms. The molecule has 2 aromatic rings. The van der Waals surface area contributed by atoms with Gasteiger partial charge >= 0.3 is 0 Å². The average molecular weight is 347 g/mol. The largest absolute Gasteiger partial charge is 0.394 e. The molecule has 2 unspecified atom stereocenters. The Hall–Kier alpha value is -1.90. The second kappa shape index (κ2) is 10.9. The molecule has 2 heterocycles. The van der Waals surface area contributed by atoms with Crippen LogP contribution in [0.4, 0.5) is 0 Å². The van der Waals surface area contributed by atoms with Crippen LogP contribution in [0.1, 0.15) is 11.4 Å². The van der Waals surface area contributed by atoms with E-state index in [4.69, 9.17) is 9.84 Å². The Morgan fingerprint density at radius 1 is 0.880 bits per heavy atom. The zero-order valence-corrected chi connectivity index (χ0v) is 14.1. The second-order valence-electron chi connectivity index (χ2n) is 5.84. The van der Waals surface area contributed by atoms with E-state index in [-0.39, 0.29) is 19.8 Å². The van der Waals surface area contributed by atoms with Crippen LogP contribution in [-0.4, -0.2) is 68.8 Å². The Labute approximate surface area is 147 Å². The summed E-state index contributed by atoms with van der Waals surface area (Å²) in [5, 5.41) is 28.2. The van der Waals surface area contributed by atoms with Crippen molar-refractivity contribution in [3.63, 3.8) is 0 Å². The number of hydrogen-bond acceptors (Lipinski definition) is 7. The van der Waals surface area contributed by atoms with Crippen LogP contribution >= 0.6 is 0 Å². The molecule has 0 bridgehead atoms. The molecule has 0 radical (unpaired) electrons. The lowest BCUT2D eigenvalue weighted by atomic mass is 10.2. The number of aliphatic hydroxyl groups is 3. The summed E-state index contributed by atoms with van der Waals surface area (Å²) in [6.45, 7) is 1.25. The highest BCUT2D eigenvalue weighted by molar-refractivity contribution is 5.06. The van der Waals surface area contributed by atoms with Crippen molar-refractivity contribution in [1.29, 1.82) is 0 Å². The third kappa shape index (κ3) is 7.68. The highest BCUT2D eigenvalue weighted by Crippen LogP contribution is 2.08. The molecule has 0 saturated carbocycles. The fourth-order valence-electron chi connectivity index (χ4n) is 2.37. The van der Waals surface area contributed by atoms with Gasteiger partial charge in [0.15, 0.2) is 0 Å². The van der Waals surface area contributed by atoms with Crippen LogP contribution in [0.5, 0.6) is 0 Å². The Morgan fingerprint density at radius 2 is 1.44 bits per heavy atom. The molecule has 0 amide bonds. The number of pyridine rings is 2. The summed E-state index contributed by atoms with van der Waals surface area (Å²) in [5.74, 6) is 0. The second-order valence-corrected chi connectivity index (χ2v) is 5.84. The maximum Gasteiger partial charge on any atom is 0.100 e. The zero-order valence-electron chi connectivity index (χ0n) is 14.1. The molecule has 0 aliphatic heterocycles. The van der Waals surface area contributed by atoms with E-state index in [2.05, 4.69) is 9.97 Å². The molecule has 25 heavy (non-hydrogen) atoms. The first kappa shape index (κ1) is 19.4. The minimum atomic E-state index is -0.926. The lowest BCUT2D eigenvalue weighted by Gasteiger charge is -2.24. The number of aromatic nitrogens is 2. The molecule has 2 aromatic heterocycles. The Balaban J connectivity index is 1.91. The Kier molecular flexibility index (Phi) is 8.44. The van der Waals surface area contributed by atoms with E-state index in [1.54, 1.807) is 12.4 Å².